The zero-order valence-electron chi connectivity index (χ0n) is 11.4. The molecule has 2 N–H and O–H groups in total. The zero-order chi connectivity index (χ0) is 13.4. The largest absolute Gasteiger partial charge is 0.493 e. The number of rotatable bonds is 7. The maximum absolute atomic E-state index is 11.1. The van der Waals surface area contributed by atoms with Gasteiger partial charge in [0.2, 0.25) is 5.91 Å². The molecule has 4 heteroatoms. The standard InChI is InChI=1S/C14H22N2O2/c1-4-16-10-12-9-11(2)5-6-13(12)18-8-7-14(17)15-3/h5-6,9,16H,4,7-8,10H2,1-3H3,(H,15,17). The SMILES string of the molecule is CCNCc1cc(C)ccc1OCCC(=O)NC. The predicted molar refractivity (Wildman–Crippen MR) is 72.7 cm³/mol. The number of benzene rings is 1. The number of hydrogen-bond donors (Lipinski definition) is 2. The molecule has 1 rings (SSSR count). The Labute approximate surface area is 109 Å². The van der Waals surface area contributed by atoms with Crippen LogP contribution in [-0.2, 0) is 11.3 Å². The summed E-state index contributed by atoms with van der Waals surface area (Å²) in [6.07, 6.45) is 0.380. The summed E-state index contributed by atoms with van der Waals surface area (Å²) in [5.41, 5.74) is 2.34. The summed E-state index contributed by atoms with van der Waals surface area (Å²) >= 11 is 0. The molecule has 0 radical (unpaired) electrons. The molecule has 1 aromatic rings. The average molecular weight is 250 g/mol. The van der Waals surface area contributed by atoms with Crippen LogP contribution in [0.2, 0.25) is 0 Å². The van der Waals surface area contributed by atoms with E-state index in [1.807, 2.05) is 12.1 Å². The molecule has 0 heterocycles. The highest BCUT2D eigenvalue weighted by Gasteiger charge is 2.05. The molecule has 4 nitrogen and oxygen atoms in total. The quantitative estimate of drug-likeness (QED) is 0.773. The maximum Gasteiger partial charge on any atom is 0.223 e. The molecule has 0 saturated heterocycles. The number of amides is 1. The van der Waals surface area contributed by atoms with Gasteiger partial charge in [-0.25, -0.2) is 0 Å². The molecule has 0 aliphatic heterocycles. The van der Waals surface area contributed by atoms with Gasteiger partial charge in [0.1, 0.15) is 5.75 Å². The van der Waals surface area contributed by atoms with Gasteiger partial charge in [-0.1, -0.05) is 24.6 Å². The molecule has 0 bridgehead atoms. The Morgan fingerprint density at radius 1 is 1.39 bits per heavy atom. The Kier molecular flexibility index (Phi) is 6.22. The van der Waals surface area contributed by atoms with Crippen molar-refractivity contribution >= 4 is 5.91 Å². The first-order valence-electron chi connectivity index (χ1n) is 6.31. The minimum atomic E-state index is -0.00431. The number of hydrogen-bond acceptors (Lipinski definition) is 3. The van der Waals surface area contributed by atoms with E-state index in [0.29, 0.717) is 13.0 Å². The van der Waals surface area contributed by atoms with Gasteiger partial charge in [-0.05, 0) is 19.5 Å². The van der Waals surface area contributed by atoms with Gasteiger partial charge in [0, 0.05) is 19.2 Å². The maximum atomic E-state index is 11.1. The smallest absolute Gasteiger partial charge is 0.223 e. The van der Waals surface area contributed by atoms with Crippen LogP contribution in [0, 0.1) is 6.92 Å². The van der Waals surface area contributed by atoms with Gasteiger partial charge in [-0.15, -0.1) is 0 Å². The zero-order valence-corrected chi connectivity index (χ0v) is 11.4. The summed E-state index contributed by atoms with van der Waals surface area (Å²) in [6, 6.07) is 6.09. The summed E-state index contributed by atoms with van der Waals surface area (Å²) in [7, 11) is 1.63. The second kappa shape index (κ2) is 7.71. The predicted octanol–water partition coefficient (Wildman–Crippen LogP) is 1.62. The highest BCUT2D eigenvalue weighted by Crippen LogP contribution is 2.20. The molecule has 0 aliphatic carbocycles. The van der Waals surface area contributed by atoms with E-state index < -0.39 is 0 Å². The minimum absolute atomic E-state index is 0.00431. The third-order valence-electron chi connectivity index (χ3n) is 2.65. The summed E-state index contributed by atoms with van der Waals surface area (Å²) in [5, 5.41) is 5.86. The second-order valence-corrected chi connectivity index (χ2v) is 4.16. The summed E-state index contributed by atoms with van der Waals surface area (Å²) in [6.45, 7) is 6.24. The molecule has 0 unspecified atom stereocenters. The topological polar surface area (TPSA) is 50.4 Å². The van der Waals surface area contributed by atoms with Crippen molar-refractivity contribution in [3.63, 3.8) is 0 Å². The number of carbonyl (C=O) groups excluding carboxylic acids is 1. The van der Waals surface area contributed by atoms with Crippen LogP contribution < -0.4 is 15.4 Å². The van der Waals surface area contributed by atoms with Gasteiger partial charge >= 0.3 is 0 Å². The van der Waals surface area contributed by atoms with Crippen molar-refractivity contribution in [2.45, 2.75) is 26.8 Å². The van der Waals surface area contributed by atoms with Crippen LogP contribution >= 0.6 is 0 Å². The van der Waals surface area contributed by atoms with E-state index >= 15 is 0 Å². The Balaban J connectivity index is 2.60. The number of aryl methyl sites for hydroxylation is 1. The molecule has 100 valence electrons. The van der Waals surface area contributed by atoms with Gasteiger partial charge in [-0.3, -0.25) is 4.79 Å². The van der Waals surface area contributed by atoms with E-state index in [0.717, 1.165) is 24.4 Å². The highest BCUT2D eigenvalue weighted by atomic mass is 16.5. The van der Waals surface area contributed by atoms with Gasteiger partial charge in [0.25, 0.3) is 0 Å². The molecule has 1 aromatic carbocycles. The van der Waals surface area contributed by atoms with Crippen molar-refractivity contribution in [2.24, 2.45) is 0 Å². The minimum Gasteiger partial charge on any atom is -0.493 e. The number of carbonyl (C=O) groups is 1. The first-order valence-corrected chi connectivity index (χ1v) is 6.31. The first-order chi connectivity index (χ1) is 8.67. The molecule has 18 heavy (non-hydrogen) atoms. The lowest BCUT2D eigenvalue weighted by Crippen LogP contribution is -2.20. The molecule has 0 fully saturated rings. The average Bonchev–Trinajstić information content (AvgIpc) is 2.38. The van der Waals surface area contributed by atoms with Gasteiger partial charge in [-0.2, -0.15) is 0 Å². The molecule has 0 spiro atoms. The van der Waals surface area contributed by atoms with Crippen LogP contribution in [-0.4, -0.2) is 26.1 Å². The van der Waals surface area contributed by atoms with Crippen LogP contribution in [0.3, 0.4) is 0 Å². The van der Waals surface area contributed by atoms with E-state index in [2.05, 4.69) is 30.5 Å². The van der Waals surface area contributed by atoms with E-state index in [1.165, 1.54) is 5.56 Å². The fourth-order valence-electron chi connectivity index (χ4n) is 1.63. The monoisotopic (exact) mass is 250 g/mol. The Morgan fingerprint density at radius 2 is 2.17 bits per heavy atom. The fourth-order valence-corrected chi connectivity index (χ4v) is 1.63. The highest BCUT2D eigenvalue weighted by molar-refractivity contribution is 5.75. The van der Waals surface area contributed by atoms with Crippen LogP contribution in [0.25, 0.3) is 0 Å². The van der Waals surface area contributed by atoms with Crippen LogP contribution in [0.4, 0.5) is 0 Å². The van der Waals surface area contributed by atoms with Crippen molar-refractivity contribution < 1.29 is 9.53 Å². The van der Waals surface area contributed by atoms with Crippen LogP contribution in [0.1, 0.15) is 24.5 Å². The van der Waals surface area contributed by atoms with Gasteiger partial charge in [0.15, 0.2) is 0 Å². The molecule has 0 aliphatic rings. The molecule has 0 saturated carbocycles. The van der Waals surface area contributed by atoms with E-state index in [4.69, 9.17) is 4.74 Å². The lowest BCUT2D eigenvalue weighted by atomic mass is 10.1. The fraction of sp³-hybridized carbons (Fsp3) is 0.500. The summed E-state index contributed by atoms with van der Waals surface area (Å²) in [5.74, 6) is 0.848. The van der Waals surface area contributed by atoms with E-state index in [-0.39, 0.29) is 5.91 Å². The van der Waals surface area contributed by atoms with E-state index in [9.17, 15) is 4.79 Å². The lowest BCUT2D eigenvalue weighted by Gasteiger charge is -2.12. The Hall–Kier alpha value is -1.55. The summed E-state index contributed by atoms with van der Waals surface area (Å²) in [4.78, 5) is 11.1. The number of nitrogens with one attached hydrogen (secondary N) is 2. The van der Waals surface area contributed by atoms with Crippen molar-refractivity contribution in [3.05, 3.63) is 29.3 Å². The molecule has 0 atom stereocenters. The lowest BCUT2D eigenvalue weighted by molar-refractivity contribution is -0.121. The van der Waals surface area contributed by atoms with Crippen LogP contribution in [0.5, 0.6) is 5.75 Å². The molecule has 0 aromatic heterocycles. The Bertz CT molecular complexity index is 391. The molecule has 1 amide bonds. The third-order valence-corrected chi connectivity index (χ3v) is 2.65. The Morgan fingerprint density at radius 3 is 2.83 bits per heavy atom. The van der Waals surface area contributed by atoms with E-state index in [1.54, 1.807) is 7.05 Å². The van der Waals surface area contributed by atoms with Crippen molar-refractivity contribution in [3.8, 4) is 5.75 Å². The number of ether oxygens (including phenoxy) is 1. The normalized spacial score (nSPS) is 10.2. The van der Waals surface area contributed by atoms with Crippen molar-refractivity contribution in [1.29, 1.82) is 0 Å². The van der Waals surface area contributed by atoms with Crippen LogP contribution in [0.15, 0.2) is 18.2 Å². The summed E-state index contributed by atoms with van der Waals surface area (Å²) < 4.78 is 5.66. The first kappa shape index (κ1) is 14.5. The second-order valence-electron chi connectivity index (χ2n) is 4.16. The molecular weight excluding hydrogens is 228 g/mol. The van der Waals surface area contributed by atoms with Crippen molar-refractivity contribution in [2.75, 3.05) is 20.2 Å². The van der Waals surface area contributed by atoms with Crippen molar-refractivity contribution in [1.82, 2.24) is 10.6 Å². The van der Waals surface area contributed by atoms with Gasteiger partial charge in [0.05, 0.1) is 13.0 Å². The third kappa shape index (κ3) is 4.75. The van der Waals surface area contributed by atoms with Gasteiger partial charge < -0.3 is 15.4 Å². The molecular formula is C14H22N2O2.